The van der Waals surface area contributed by atoms with Gasteiger partial charge in [0.15, 0.2) is 0 Å². The predicted octanol–water partition coefficient (Wildman–Crippen LogP) is 5.50. The molecular weight excluding hydrogens is 426 g/mol. The lowest BCUT2D eigenvalue weighted by atomic mass is 9.88. The molecule has 0 aromatic heterocycles. The normalized spacial score (nSPS) is 12.6. The Balaban J connectivity index is 2.09. The van der Waals surface area contributed by atoms with Crippen molar-refractivity contribution in [3.63, 3.8) is 0 Å². The van der Waals surface area contributed by atoms with Crippen molar-refractivity contribution in [1.82, 2.24) is 5.32 Å². The van der Waals surface area contributed by atoms with E-state index in [1.165, 1.54) is 12.1 Å². The molecule has 0 saturated carbocycles. The maximum absolute atomic E-state index is 11.0. The summed E-state index contributed by atoms with van der Waals surface area (Å²) in [5.74, 6) is 0.0358. The second-order valence-corrected chi connectivity index (χ2v) is 7.93. The highest BCUT2D eigenvalue weighted by Gasteiger charge is 2.14. The molecule has 0 unspecified atom stereocenters. The monoisotopic (exact) mass is 451 g/mol. The lowest BCUT2D eigenvalue weighted by Crippen LogP contribution is -2.06. The van der Waals surface area contributed by atoms with Crippen molar-refractivity contribution >= 4 is 27.2 Å². The molecule has 0 amide bonds. The molecule has 0 heterocycles. The summed E-state index contributed by atoms with van der Waals surface area (Å²) in [6.45, 7) is 2.54. The van der Waals surface area contributed by atoms with Crippen LogP contribution in [0.4, 0.5) is 5.69 Å². The Kier molecular flexibility index (Phi) is 7.88. The minimum Gasteiger partial charge on any atom is -0.362 e. The Bertz CT molecular complexity index is 1190. The van der Waals surface area contributed by atoms with E-state index in [1.807, 2.05) is 42.5 Å². The van der Waals surface area contributed by atoms with Gasteiger partial charge < -0.3 is 4.18 Å². The zero-order valence-electron chi connectivity index (χ0n) is 17.9. The number of nitrogens with one attached hydrogen (secondary N) is 1. The van der Waals surface area contributed by atoms with Gasteiger partial charge in [-0.25, -0.2) is 0 Å². The van der Waals surface area contributed by atoms with Gasteiger partial charge in [0.2, 0.25) is 0 Å². The van der Waals surface area contributed by atoms with Gasteiger partial charge in [-0.3, -0.25) is 9.87 Å². The van der Waals surface area contributed by atoms with Crippen LogP contribution < -0.4 is 9.50 Å². The van der Waals surface area contributed by atoms with Crippen LogP contribution in [0, 0.1) is 0 Å². The summed E-state index contributed by atoms with van der Waals surface area (Å²) in [5.41, 5.74) is 5.87. The van der Waals surface area contributed by atoms with Crippen molar-refractivity contribution in [3.05, 3.63) is 95.6 Å². The SMILES string of the molecule is CC/C(=C(\c1ccc(N=NCNC)cc1)c1ccc(OS(=O)(=O)O)cc1)c1ccccc1. The molecule has 0 aliphatic rings. The van der Waals surface area contributed by atoms with Crippen molar-refractivity contribution < 1.29 is 17.2 Å². The lowest BCUT2D eigenvalue weighted by molar-refractivity contribution is 0.387. The quantitative estimate of drug-likeness (QED) is 0.254. The largest absolute Gasteiger partial charge is 0.446 e. The van der Waals surface area contributed by atoms with Gasteiger partial charge >= 0.3 is 10.4 Å². The lowest BCUT2D eigenvalue weighted by Gasteiger charge is -2.17. The molecule has 7 nitrogen and oxygen atoms in total. The molecule has 32 heavy (non-hydrogen) atoms. The number of rotatable bonds is 9. The third kappa shape index (κ3) is 6.34. The Morgan fingerprint density at radius 3 is 2.03 bits per heavy atom. The molecule has 0 spiro atoms. The maximum atomic E-state index is 11.0. The molecular formula is C24H25N3O4S. The van der Waals surface area contributed by atoms with Gasteiger partial charge in [-0.1, -0.05) is 61.5 Å². The van der Waals surface area contributed by atoms with Crippen molar-refractivity contribution in [2.24, 2.45) is 10.2 Å². The van der Waals surface area contributed by atoms with E-state index in [0.717, 1.165) is 39.9 Å². The number of benzene rings is 3. The third-order valence-electron chi connectivity index (χ3n) is 4.69. The van der Waals surface area contributed by atoms with E-state index in [1.54, 1.807) is 19.2 Å². The minimum absolute atomic E-state index is 0.0358. The Morgan fingerprint density at radius 2 is 1.50 bits per heavy atom. The zero-order chi connectivity index (χ0) is 23.0. The van der Waals surface area contributed by atoms with Crippen LogP contribution in [0.2, 0.25) is 0 Å². The van der Waals surface area contributed by atoms with Crippen LogP contribution in [-0.2, 0) is 10.4 Å². The van der Waals surface area contributed by atoms with Crippen LogP contribution >= 0.6 is 0 Å². The number of nitrogens with zero attached hydrogens (tertiary/aromatic N) is 2. The number of hydrogen-bond donors (Lipinski definition) is 2. The van der Waals surface area contributed by atoms with Gasteiger partial charge in [-0.2, -0.15) is 18.6 Å². The standard InChI is InChI=1S/C24H25N3O4S/c1-3-23(18-7-5-4-6-8-18)24(19-9-13-21(14-10-19)27-26-17-25-2)20-11-15-22(16-12-20)31-32(28,29)30/h4-16,25H,3,17H2,1-2H3,(H,28,29,30)/b24-23-,27-26?. The van der Waals surface area contributed by atoms with Gasteiger partial charge in [0.1, 0.15) is 12.4 Å². The van der Waals surface area contributed by atoms with Crippen LogP contribution in [0.1, 0.15) is 30.0 Å². The highest BCUT2D eigenvalue weighted by Crippen LogP contribution is 2.35. The highest BCUT2D eigenvalue weighted by molar-refractivity contribution is 7.81. The molecule has 8 heteroatoms. The fourth-order valence-corrected chi connectivity index (χ4v) is 3.72. The molecule has 0 aliphatic heterocycles. The maximum Gasteiger partial charge on any atom is 0.446 e. The van der Waals surface area contributed by atoms with E-state index in [0.29, 0.717) is 6.67 Å². The van der Waals surface area contributed by atoms with Crippen LogP contribution in [0.25, 0.3) is 11.1 Å². The second kappa shape index (κ2) is 10.8. The fourth-order valence-electron chi connectivity index (χ4n) is 3.36. The summed E-state index contributed by atoms with van der Waals surface area (Å²) in [4.78, 5) is 0. The number of allylic oxidation sites excluding steroid dienone is 1. The van der Waals surface area contributed by atoms with E-state index >= 15 is 0 Å². The molecule has 0 radical (unpaired) electrons. The molecule has 166 valence electrons. The van der Waals surface area contributed by atoms with Crippen LogP contribution in [-0.4, -0.2) is 26.7 Å². The molecule has 3 aromatic rings. The first-order chi connectivity index (χ1) is 15.4. The first-order valence-corrected chi connectivity index (χ1v) is 11.5. The third-order valence-corrected chi connectivity index (χ3v) is 5.10. The van der Waals surface area contributed by atoms with Crippen molar-refractivity contribution in [2.75, 3.05) is 13.7 Å². The minimum atomic E-state index is -4.58. The van der Waals surface area contributed by atoms with Crippen molar-refractivity contribution in [2.45, 2.75) is 13.3 Å². The van der Waals surface area contributed by atoms with Gasteiger partial charge in [-0.05, 0) is 65.6 Å². The first-order valence-electron chi connectivity index (χ1n) is 10.1. The Hall–Kier alpha value is -3.33. The molecule has 0 aliphatic carbocycles. The van der Waals surface area contributed by atoms with Gasteiger partial charge in [0, 0.05) is 0 Å². The predicted molar refractivity (Wildman–Crippen MR) is 126 cm³/mol. The van der Waals surface area contributed by atoms with E-state index < -0.39 is 10.4 Å². The van der Waals surface area contributed by atoms with Gasteiger partial charge in [0.05, 0.1) is 5.69 Å². The topological polar surface area (TPSA) is 100 Å². The van der Waals surface area contributed by atoms with Crippen molar-refractivity contribution in [1.29, 1.82) is 0 Å². The van der Waals surface area contributed by atoms with Gasteiger partial charge in [-0.15, -0.1) is 0 Å². The van der Waals surface area contributed by atoms with Crippen LogP contribution in [0.5, 0.6) is 5.75 Å². The molecule has 3 rings (SSSR count). The average Bonchev–Trinajstić information content (AvgIpc) is 2.78. The molecule has 0 saturated heterocycles. The fraction of sp³-hybridized carbons (Fsp3) is 0.167. The van der Waals surface area contributed by atoms with Gasteiger partial charge in [0.25, 0.3) is 0 Å². The number of azo groups is 1. The number of hydrogen-bond acceptors (Lipinski definition) is 6. The summed E-state index contributed by atoms with van der Waals surface area (Å²) < 4.78 is 35.5. The van der Waals surface area contributed by atoms with Crippen molar-refractivity contribution in [3.8, 4) is 5.75 Å². The van der Waals surface area contributed by atoms with E-state index in [4.69, 9.17) is 4.55 Å². The summed E-state index contributed by atoms with van der Waals surface area (Å²) in [6, 6.07) is 24.5. The molecule has 0 bridgehead atoms. The van der Waals surface area contributed by atoms with E-state index in [2.05, 4.69) is 38.8 Å². The molecule has 0 fully saturated rings. The summed E-state index contributed by atoms with van der Waals surface area (Å²) in [7, 11) is -2.77. The molecule has 3 aromatic carbocycles. The summed E-state index contributed by atoms with van der Waals surface area (Å²) in [5, 5.41) is 11.2. The molecule has 2 N–H and O–H groups in total. The summed E-state index contributed by atoms with van der Waals surface area (Å²) in [6.07, 6.45) is 0.784. The first kappa shape index (κ1) is 23.3. The van der Waals surface area contributed by atoms with Crippen LogP contribution in [0.15, 0.2) is 89.1 Å². The Morgan fingerprint density at radius 1 is 0.906 bits per heavy atom. The Labute approximate surface area is 188 Å². The van der Waals surface area contributed by atoms with E-state index in [-0.39, 0.29) is 5.75 Å². The highest BCUT2D eigenvalue weighted by atomic mass is 32.3. The van der Waals surface area contributed by atoms with Crippen LogP contribution in [0.3, 0.4) is 0 Å². The second-order valence-electron chi connectivity index (χ2n) is 6.91. The zero-order valence-corrected chi connectivity index (χ0v) is 18.7. The van der Waals surface area contributed by atoms with E-state index in [9.17, 15) is 8.42 Å². The summed E-state index contributed by atoms with van der Waals surface area (Å²) >= 11 is 0. The smallest absolute Gasteiger partial charge is 0.362 e. The molecule has 0 atom stereocenters. The average molecular weight is 452 g/mol.